The van der Waals surface area contributed by atoms with E-state index in [-0.39, 0.29) is 24.0 Å². The predicted octanol–water partition coefficient (Wildman–Crippen LogP) is 2.97. The molecule has 7 heteroatoms. The van der Waals surface area contributed by atoms with E-state index in [1.165, 1.54) is 10.4 Å². The number of aryl methyl sites for hydroxylation is 2. The third kappa shape index (κ3) is 5.29. The molecule has 0 aliphatic carbocycles. The molecule has 1 atom stereocenters. The Kier molecular flexibility index (Phi) is 7.91. The maximum absolute atomic E-state index is 10.0. The first-order valence-electron chi connectivity index (χ1n) is 6.82. The highest BCUT2D eigenvalue weighted by Crippen LogP contribution is 2.16. The number of nitrogens with one attached hydrogen (secondary N) is 2. The number of thiophene rings is 1. The first kappa shape index (κ1) is 19.0. The van der Waals surface area contributed by atoms with Crippen molar-refractivity contribution >= 4 is 41.3 Å². The maximum atomic E-state index is 10.0. The van der Waals surface area contributed by atoms with Crippen LogP contribution in [0.3, 0.4) is 0 Å². The van der Waals surface area contributed by atoms with Crippen LogP contribution in [0.15, 0.2) is 33.0 Å². The number of aliphatic imine (C=N–C) groups is 1. The van der Waals surface area contributed by atoms with Gasteiger partial charge in [-0.05, 0) is 43.0 Å². The Balaban J connectivity index is 0.00000242. The van der Waals surface area contributed by atoms with Crippen molar-refractivity contribution in [1.29, 1.82) is 0 Å². The van der Waals surface area contributed by atoms with Crippen LogP contribution in [0.25, 0.3) is 0 Å². The van der Waals surface area contributed by atoms with Crippen LogP contribution in [-0.2, 0) is 6.54 Å². The Hall–Kier alpha value is -1.06. The molecule has 2 aromatic rings. The van der Waals surface area contributed by atoms with Gasteiger partial charge in [-0.15, -0.1) is 35.3 Å². The lowest BCUT2D eigenvalue weighted by Crippen LogP contribution is -2.38. The predicted molar refractivity (Wildman–Crippen MR) is 101 cm³/mol. The Bertz CT molecular complexity index is 609. The number of rotatable bonds is 5. The fraction of sp³-hybridized carbons (Fsp3) is 0.400. The largest absolute Gasteiger partial charge is 0.464 e. The summed E-state index contributed by atoms with van der Waals surface area (Å²) >= 11 is 1.72. The van der Waals surface area contributed by atoms with Gasteiger partial charge in [-0.25, -0.2) is 0 Å². The molecule has 0 fully saturated rings. The lowest BCUT2D eigenvalue weighted by molar-refractivity contribution is 0.151. The average molecular weight is 435 g/mol. The van der Waals surface area contributed by atoms with E-state index in [0.717, 1.165) is 12.3 Å². The SMILES string of the molecule is CN=C(NCc1sccc1C)NCC(O)c1ccc(C)o1.I. The van der Waals surface area contributed by atoms with Crippen LogP contribution < -0.4 is 10.6 Å². The zero-order valence-corrected chi connectivity index (χ0v) is 16.1. The first-order chi connectivity index (χ1) is 10.1. The van der Waals surface area contributed by atoms with E-state index in [4.69, 9.17) is 4.42 Å². The molecule has 3 N–H and O–H groups in total. The molecule has 0 spiro atoms. The molecular formula is C15H22IN3O2S. The van der Waals surface area contributed by atoms with Crippen LogP contribution in [0.5, 0.6) is 0 Å². The maximum Gasteiger partial charge on any atom is 0.191 e. The van der Waals surface area contributed by atoms with Gasteiger partial charge in [-0.3, -0.25) is 4.99 Å². The molecular weight excluding hydrogens is 413 g/mol. The van der Waals surface area contributed by atoms with E-state index < -0.39 is 6.10 Å². The van der Waals surface area contributed by atoms with Crippen molar-refractivity contribution in [2.75, 3.05) is 13.6 Å². The molecule has 0 bridgehead atoms. The number of furan rings is 1. The van der Waals surface area contributed by atoms with Crippen molar-refractivity contribution in [2.45, 2.75) is 26.5 Å². The van der Waals surface area contributed by atoms with Gasteiger partial charge in [-0.1, -0.05) is 0 Å². The third-order valence-corrected chi connectivity index (χ3v) is 4.18. The van der Waals surface area contributed by atoms with Crippen LogP contribution in [0.4, 0.5) is 0 Å². The van der Waals surface area contributed by atoms with Gasteiger partial charge >= 0.3 is 0 Å². The van der Waals surface area contributed by atoms with Crippen molar-refractivity contribution in [2.24, 2.45) is 4.99 Å². The second-order valence-electron chi connectivity index (χ2n) is 4.80. The van der Waals surface area contributed by atoms with Crippen LogP contribution >= 0.6 is 35.3 Å². The summed E-state index contributed by atoms with van der Waals surface area (Å²) in [6, 6.07) is 5.72. The van der Waals surface area contributed by atoms with Crippen LogP contribution in [0.1, 0.15) is 28.1 Å². The number of guanidine groups is 1. The van der Waals surface area contributed by atoms with Gasteiger partial charge in [0.2, 0.25) is 0 Å². The zero-order valence-electron chi connectivity index (χ0n) is 12.9. The van der Waals surface area contributed by atoms with Gasteiger partial charge in [0.05, 0.1) is 13.1 Å². The van der Waals surface area contributed by atoms with Gasteiger partial charge in [0.1, 0.15) is 17.6 Å². The van der Waals surface area contributed by atoms with E-state index >= 15 is 0 Å². The molecule has 0 aliphatic heterocycles. The summed E-state index contributed by atoms with van der Waals surface area (Å²) in [5.74, 6) is 2.01. The molecule has 0 radical (unpaired) electrons. The molecule has 22 heavy (non-hydrogen) atoms. The minimum atomic E-state index is -0.694. The fourth-order valence-electron chi connectivity index (χ4n) is 1.90. The number of hydrogen-bond acceptors (Lipinski definition) is 4. The highest BCUT2D eigenvalue weighted by Gasteiger charge is 2.12. The molecule has 5 nitrogen and oxygen atoms in total. The standard InChI is InChI=1S/C15H21N3O2S.HI/c1-10-6-7-21-14(10)9-18-15(16-3)17-8-12(19)13-5-4-11(2)20-13;/h4-7,12,19H,8-9H2,1-3H3,(H2,16,17,18);1H. The van der Waals surface area contributed by atoms with Gasteiger partial charge in [-0.2, -0.15) is 0 Å². The quantitative estimate of drug-likeness (QED) is 0.384. The van der Waals surface area contributed by atoms with E-state index in [9.17, 15) is 5.11 Å². The molecule has 0 aromatic carbocycles. The summed E-state index contributed by atoms with van der Waals surface area (Å²) in [5, 5.41) is 18.4. The molecule has 0 saturated heterocycles. The van der Waals surface area contributed by atoms with Crippen LogP contribution in [0, 0.1) is 13.8 Å². The lowest BCUT2D eigenvalue weighted by Gasteiger charge is -2.14. The molecule has 0 saturated carbocycles. The van der Waals surface area contributed by atoms with Gasteiger partial charge < -0.3 is 20.2 Å². The summed E-state index contributed by atoms with van der Waals surface area (Å²) in [6.45, 7) is 5.01. The molecule has 1 unspecified atom stereocenters. The number of hydrogen-bond donors (Lipinski definition) is 3. The van der Waals surface area contributed by atoms with E-state index in [0.29, 0.717) is 18.3 Å². The molecule has 2 aromatic heterocycles. The van der Waals surface area contributed by atoms with Gasteiger partial charge in [0.25, 0.3) is 0 Å². The molecule has 0 aliphatic rings. The van der Waals surface area contributed by atoms with Crippen molar-refractivity contribution in [1.82, 2.24) is 10.6 Å². The monoisotopic (exact) mass is 435 g/mol. The second kappa shape index (κ2) is 9.16. The molecule has 122 valence electrons. The van der Waals surface area contributed by atoms with E-state index in [2.05, 4.69) is 34.0 Å². The number of nitrogens with zero attached hydrogens (tertiary/aromatic N) is 1. The highest BCUT2D eigenvalue weighted by molar-refractivity contribution is 14.0. The molecule has 2 rings (SSSR count). The Morgan fingerprint density at radius 2 is 2.09 bits per heavy atom. The Morgan fingerprint density at radius 3 is 2.64 bits per heavy atom. The number of halogens is 1. The Morgan fingerprint density at radius 1 is 1.32 bits per heavy atom. The van der Waals surface area contributed by atoms with Crippen molar-refractivity contribution < 1.29 is 9.52 Å². The summed E-state index contributed by atoms with van der Waals surface area (Å²) in [4.78, 5) is 5.42. The summed E-state index contributed by atoms with van der Waals surface area (Å²) in [5.41, 5.74) is 1.27. The number of aliphatic hydroxyl groups excluding tert-OH is 1. The summed E-state index contributed by atoms with van der Waals surface area (Å²) in [6.07, 6.45) is -0.694. The topological polar surface area (TPSA) is 69.8 Å². The van der Waals surface area contributed by atoms with Gasteiger partial charge in [0, 0.05) is 11.9 Å². The third-order valence-electron chi connectivity index (χ3n) is 3.16. The normalized spacial score (nSPS) is 12.6. The van der Waals surface area contributed by atoms with Crippen LogP contribution in [-0.4, -0.2) is 24.7 Å². The zero-order chi connectivity index (χ0) is 15.2. The van der Waals surface area contributed by atoms with Gasteiger partial charge in [0.15, 0.2) is 5.96 Å². The van der Waals surface area contributed by atoms with Crippen molar-refractivity contribution in [3.05, 3.63) is 45.5 Å². The van der Waals surface area contributed by atoms with Crippen molar-refractivity contribution in [3.63, 3.8) is 0 Å². The lowest BCUT2D eigenvalue weighted by atomic mass is 10.3. The highest BCUT2D eigenvalue weighted by atomic mass is 127. The minimum Gasteiger partial charge on any atom is -0.464 e. The smallest absolute Gasteiger partial charge is 0.191 e. The summed E-state index contributed by atoms with van der Waals surface area (Å²) < 4.78 is 5.40. The molecule has 2 heterocycles. The van der Waals surface area contributed by atoms with E-state index in [1.54, 1.807) is 24.5 Å². The van der Waals surface area contributed by atoms with Crippen molar-refractivity contribution in [3.8, 4) is 0 Å². The van der Waals surface area contributed by atoms with Crippen LogP contribution in [0.2, 0.25) is 0 Å². The number of aliphatic hydroxyl groups is 1. The minimum absolute atomic E-state index is 0. The first-order valence-corrected chi connectivity index (χ1v) is 7.70. The fourth-order valence-corrected chi connectivity index (χ4v) is 2.74. The summed E-state index contributed by atoms with van der Waals surface area (Å²) in [7, 11) is 1.71. The Labute approximate surface area is 151 Å². The second-order valence-corrected chi connectivity index (χ2v) is 5.80. The average Bonchev–Trinajstić information content (AvgIpc) is 3.08. The molecule has 0 amide bonds. The van der Waals surface area contributed by atoms with E-state index in [1.807, 2.05) is 13.0 Å².